The Balaban J connectivity index is 1.82. The number of pyridine rings is 1. The van der Waals surface area contributed by atoms with Crippen molar-refractivity contribution >= 4 is 21.4 Å². The zero-order valence-corrected chi connectivity index (χ0v) is 15.9. The van der Waals surface area contributed by atoms with E-state index >= 15 is 0 Å². The third kappa shape index (κ3) is 4.04. The van der Waals surface area contributed by atoms with Gasteiger partial charge in [-0.15, -0.1) is 11.3 Å². The lowest BCUT2D eigenvalue weighted by Crippen LogP contribution is -2.23. The summed E-state index contributed by atoms with van der Waals surface area (Å²) in [7, 11) is -0.865. The number of benzene rings is 1. The average Bonchev–Trinajstić information content (AvgIpc) is 3.21. The van der Waals surface area contributed by atoms with Gasteiger partial charge in [-0.3, -0.25) is 4.98 Å². The Morgan fingerprint density at radius 3 is 2.65 bits per heavy atom. The van der Waals surface area contributed by atoms with Crippen molar-refractivity contribution in [3.8, 4) is 22.1 Å². The molecule has 0 bridgehead atoms. The first-order chi connectivity index (χ1) is 12.5. The number of thiophene rings is 1. The van der Waals surface area contributed by atoms with Crippen LogP contribution in [-0.4, -0.2) is 27.6 Å². The van der Waals surface area contributed by atoms with Gasteiger partial charge in [-0.25, -0.2) is 13.1 Å². The van der Waals surface area contributed by atoms with Crippen molar-refractivity contribution in [2.24, 2.45) is 0 Å². The molecule has 0 saturated heterocycles. The topological polar surface area (TPSA) is 77.5 Å². The molecule has 0 spiro atoms. The molecule has 3 rings (SSSR count). The summed E-state index contributed by atoms with van der Waals surface area (Å²) in [5.41, 5.74) is 1.63. The highest BCUT2D eigenvalue weighted by atomic mass is 32.2. The molecule has 0 radical (unpaired) electrons. The fourth-order valence-electron chi connectivity index (χ4n) is 2.39. The molecular weight excluding hydrogens is 372 g/mol. The van der Waals surface area contributed by atoms with E-state index in [-0.39, 0.29) is 17.2 Å². The van der Waals surface area contributed by atoms with Gasteiger partial charge in [0.2, 0.25) is 10.0 Å². The number of hydrogen-bond donors (Lipinski definition) is 1. The number of ether oxygens (including phenoxy) is 2. The van der Waals surface area contributed by atoms with E-state index in [1.807, 2.05) is 23.6 Å². The second kappa shape index (κ2) is 7.86. The lowest BCUT2D eigenvalue weighted by molar-refractivity contribution is 0.392. The zero-order valence-electron chi connectivity index (χ0n) is 14.3. The molecule has 2 heterocycles. The lowest BCUT2D eigenvalue weighted by atomic mass is 10.2. The van der Waals surface area contributed by atoms with E-state index in [9.17, 15) is 8.42 Å². The molecule has 3 aromatic rings. The molecule has 1 N–H and O–H groups in total. The van der Waals surface area contributed by atoms with Crippen LogP contribution in [0.1, 0.15) is 5.56 Å². The van der Waals surface area contributed by atoms with Gasteiger partial charge in [0.1, 0.15) is 16.4 Å². The van der Waals surface area contributed by atoms with Gasteiger partial charge in [0.15, 0.2) is 0 Å². The Morgan fingerprint density at radius 2 is 1.96 bits per heavy atom. The monoisotopic (exact) mass is 390 g/mol. The van der Waals surface area contributed by atoms with Crippen molar-refractivity contribution in [2.75, 3.05) is 14.2 Å². The second-order valence-electron chi connectivity index (χ2n) is 5.37. The summed E-state index contributed by atoms with van der Waals surface area (Å²) in [6, 6.07) is 12.2. The van der Waals surface area contributed by atoms with Gasteiger partial charge < -0.3 is 9.47 Å². The number of nitrogens with one attached hydrogen (secondary N) is 1. The van der Waals surface area contributed by atoms with E-state index in [1.54, 1.807) is 35.7 Å². The van der Waals surface area contributed by atoms with Crippen molar-refractivity contribution < 1.29 is 17.9 Å². The van der Waals surface area contributed by atoms with Crippen LogP contribution < -0.4 is 14.2 Å². The molecule has 0 atom stereocenters. The maximum atomic E-state index is 12.7. The fourth-order valence-corrected chi connectivity index (χ4v) is 4.29. The van der Waals surface area contributed by atoms with E-state index in [4.69, 9.17) is 9.47 Å². The lowest BCUT2D eigenvalue weighted by Gasteiger charge is -2.12. The molecule has 0 unspecified atom stereocenters. The third-order valence-corrected chi connectivity index (χ3v) is 6.04. The van der Waals surface area contributed by atoms with Crippen molar-refractivity contribution in [3.63, 3.8) is 0 Å². The molecular formula is C18H18N2O4S2. The number of sulfonamides is 1. The molecule has 8 heteroatoms. The highest BCUT2D eigenvalue weighted by molar-refractivity contribution is 7.89. The summed E-state index contributed by atoms with van der Waals surface area (Å²) in [5, 5.41) is 1.97. The molecule has 0 amide bonds. The molecule has 136 valence electrons. The standard InChI is InChI=1S/C18H18N2O4S2/c1-23-14-5-6-16(24-2)18(11-14)26(21,22)20-12-13-7-8-19-15(10-13)17-4-3-9-25-17/h3-11,20H,12H2,1-2H3. The van der Waals surface area contributed by atoms with Gasteiger partial charge >= 0.3 is 0 Å². The smallest absolute Gasteiger partial charge is 0.244 e. The Hall–Kier alpha value is -2.42. The third-order valence-electron chi connectivity index (χ3n) is 3.72. The molecule has 2 aromatic heterocycles. The number of aromatic nitrogens is 1. The summed E-state index contributed by atoms with van der Waals surface area (Å²) in [6.07, 6.45) is 1.67. The van der Waals surface area contributed by atoms with Crippen LogP contribution in [0.3, 0.4) is 0 Å². The minimum absolute atomic E-state index is 0.0342. The molecule has 1 aromatic carbocycles. The van der Waals surface area contributed by atoms with Gasteiger partial charge in [-0.05, 0) is 41.3 Å². The predicted molar refractivity (Wildman–Crippen MR) is 101 cm³/mol. The minimum Gasteiger partial charge on any atom is -0.497 e. The van der Waals surface area contributed by atoms with E-state index < -0.39 is 10.0 Å². The normalized spacial score (nSPS) is 11.3. The predicted octanol–water partition coefficient (Wildman–Crippen LogP) is 3.31. The summed E-state index contributed by atoms with van der Waals surface area (Å²) in [4.78, 5) is 5.40. The van der Waals surface area contributed by atoms with Crippen molar-refractivity contribution in [3.05, 3.63) is 59.6 Å². The highest BCUT2D eigenvalue weighted by Gasteiger charge is 2.20. The van der Waals surface area contributed by atoms with E-state index in [2.05, 4.69) is 9.71 Å². The van der Waals surface area contributed by atoms with Gasteiger partial charge in [0.25, 0.3) is 0 Å². The summed E-state index contributed by atoms with van der Waals surface area (Å²) in [5.74, 6) is 0.697. The number of methoxy groups -OCH3 is 2. The quantitative estimate of drug-likeness (QED) is 0.670. The van der Waals surface area contributed by atoms with Gasteiger partial charge in [-0.1, -0.05) is 6.07 Å². The maximum absolute atomic E-state index is 12.7. The first-order valence-corrected chi connectivity index (χ1v) is 10.1. The SMILES string of the molecule is COc1ccc(OC)c(S(=O)(=O)NCc2ccnc(-c3cccs3)c2)c1. The Bertz CT molecular complexity index is 986. The first kappa shape index (κ1) is 18.4. The largest absolute Gasteiger partial charge is 0.497 e. The van der Waals surface area contributed by atoms with Gasteiger partial charge in [0, 0.05) is 18.8 Å². The highest BCUT2D eigenvalue weighted by Crippen LogP contribution is 2.28. The molecule has 0 saturated carbocycles. The van der Waals surface area contributed by atoms with E-state index in [1.165, 1.54) is 20.3 Å². The molecule has 0 aliphatic heterocycles. The second-order valence-corrected chi connectivity index (χ2v) is 8.05. The van der Waals surface area contributed by atoms with Crippen LogP contribution in [0.4, 0.5) is 0 Å². The number of rotatable bonds is 7. The minimum atomic E-state index is -3.77. The van der Waals surface area contributed by atoms with Crippen LogP contribution >= 0.6 is 11.3 Å². The number of hydrogen-bond acceptors (Lipinski definition) is 6. The zero-order chi connectivity index (χ0) is 18.6. The fraction of sp³-hybridized carbons (Fsp3) is 0.167. The van der Waals surface area contributed by atoms with Gasteiger partial charge in [-0.2, -0.15) is 0 Å². The summed E-state index contributed by atoms with van der Waals surface area (Å²) in [6.45, 7) is 0.142. The van der Waals surface area contributed by atoms with Crippen LogP contribution in [0, 0.1) is 0 Å². The van der Waals surface area contributed by atoms with Crippen LogP contribution in [0.2, 0.25) is 0 Å². The first-order valence-electron chi connectivity index (χ1n) is 7.74. The Kier molecular flexibility index (Phi) is 5.55. The molecule has 0 fully saturated rings. The van der Waals surface area contributed by atoms with Crippen LogP contribution in [0.15, 0.2) is 58.9 Å². The van der Waals surface area contributed by atoms with Crippen LogP contribution in [-0.2, 0) is 16.6 Å². The van der Waals surface area contributed by atoms with Crippen molar-refractivity contribution in [1.29, 1.82) is 0 Å². The van der Waals surface area contributed by atoms with Crippen LogP contribution in [0.25, 0.3) is 10.6 Å². The average molecular weight is 390 g/mol. The van der Waals surface area contributed by atoms with Crippen molar-refractivity contribution in [2.45, 2.75) is 11.4 Å². The molecule has 6 nitrogen and oxygen atoms in total. The van der Waals surface area contributed by atoms with E-state index in [0.717, 1.165) is 16.1 Å². The Morgan fingerprint density at radius 1 is 1.12 bits per heavy atom. The summed E-state index contributed by atoms with van der Waals surface area (Å²) < 4.78 is 38.3. The van der Waals surface area contributed by atoms with Crippen LogP contribution in [0.5, 0.6) is 11.5 Å². The molecule has 0 aliphatic rings. The molecule has 26 heavy (non-hydrogen) atoms. The maximum Gasteiger partial charge on any atom is 0.244 e. The van der Waals surface area contributed by atoms with Gasteiger partial charge in [0.05, 0.1) is 24.8 Å². The molecule has 0 aliphatic carbocycles. The number of nitrogens with zero attached hydrogens (tertiary/aromatic N) is 1. The Labute approximate surface area is 156 Å². The van der Waals surface area contributed by atoms with Crippen molar-refractivity contribution in [1.82, 2.24) is 9.71 Å². The van der Waals surface area contributed by atoms with E-state index in [0.29, 0.717) is 5.75 Å². The summed E-state index contributed by atoms with van der Waals surface area (Å²) >= 11 is 1.58.